The number of aromatic nitrogens is 1. The summed E-state index contributed by atoms with van der Waals surface area (Å²) in [6.45, 7) is 6.57. The number of nitrogens with zero attached hydrogens (tertiary/aromatic N) is 4. The lowest BCUT2D eigenvalue weighted by Gasteiger charge is -2.32. The Balaban J connectivity index is 1.17. The van der Waals surface area contributed by atoms with Crippen LogP contribution in [-0.2, 0) is 19.4 Å². The SMILES string of the molecule is CC(C)c1ccc(NC(=O)N2CCC[C@H]2C(=O)N2CC[C@H]3[C@H]2[C@H](C)C(=O)N3C(=O)c2nc3cc(S(=O)(=O)CC(F)F)ccc3s2)cc1. The molecule has 47 heavy (non-hydrogen) atoms. The number of carbonyl (C=O) groups excluding carboxylic acids is 4. The van der Waals surface area contributed by atoms with E-state index in [0.717, 1.165) is 27.9 Å². The predicted octanol–water partition coefficient (Wildman–Crippen LogP) is 4.74. The average Bonchev–Trinajstić information content (AvgIpc) is 3.81. The summed E-state index contributed by atoms with van der Waals surface area (Å²) in [6, 6.07) is 9.09. The number of rotatable bonds is 7. The molecule has 4 heterocycles. The summed E-state index contributed by atoms with van der Waals surface area (Å²) in [5.74, 6) is -3.03. The second-order valence-corrected chi connectivity index (χ2v) is 15.6. The summed E-state index contributed by atoms with van der Waals surface area (Å²) < 4.78 is 50.7. The zero-order valence-corrected chi connectivity index (χ0v) is 27.7. The highest BCUT2D eigenvalue weighted by Crippen LogP contribution is 2.39. The number of nitrogens with one attached hydrogen (secondary N) is 1. The van der Waals surface area contributed by atoms with E-state index in [9.17, 15) is 36.4 Å². The van der Waals surface area contributed by atoms with Crippen LogP contribution in [0.15, 0.2) is 47.4 Å². The molecule has 3 fully saturated rings. The molecule has 5 amide bonds. The number of hydrogen-bond donors (Lipinski definition) is 1. The van der Waals surface area contributed by atoms with Crippen LogP contribution >= 0.6 is 11.3 Å². The van der Waals surface area contributed by atoms with E-state index in [-0.39, 0.29) is 27.4 Å². The minimum absolute atomic E-state index is 0.0468. The Kier molecular flexibility index (Phi) is 8.81. The van der Waals surface area contributed by atoms with Gasteiger partial charge in [0.15, 0.2) is 14.8 Å². The van der Waals surface area contributed by atoms with E-state index in [1.165, 1.54) is 17.0 Å². The number of halogens is 2. The third kappa shape index (κ3) is 6.10. The van der Waals surface area contributed by atoms with Gasteiger partial charge < -0.3 is 15.1 Å². The standard InChI is InChI=1S/C32H35F2N5O6S2/c1-17(2)19-6-8-20(9-7-19)35-32(43)37-13-4-5-24(37)30(41)38-14-12-23-27(38)18(3)29(40)39(23)31(42)28-36-22-15-21(10-11-25(22)46-28)47(44,45)16-26(33)34/h6-11,15,17-18,23-24,26-27H,4-5,12-14,16H2,1-3H3,(H,35,43)/t18-,23-,24-,27+/m0/s1. The van der Waals surface area contributed by atoms with Gasteiger partial charge in [-0.2, -0.15) is 0 Å². The first-order valence-electron chi connectivity index (χ1n) is 15.5. The van der Waals surface area contributed by atoms with Crippen molar-refractivity contribution in [2.75, 3.05) is 24.2 Å². The maximum absolute atomic E-state index is 14.0. The van der Waals surface area contributed by atoms with Crippen molar-refractivity contribution in [3.8, 4) is 0 Å². The number of anilines is 1. The Hall–Kier alpha value is -3.98. The summed E-state index contributed by atoms with van der Waals surface area (Å²) in [7, 11) is -4.26. The van der Waals surface area contributed by atoms with Gasteiger partial charge in [-0.15, -0.1) is 11.3 Å². The van der Waals surface area contributed by atoms with Gasteiger partial charge >= 0.3 is 6.03 Å². The lowest BCUT2D eigenvalue weighted by atomic mass is 10.0. The molecule has 0 unspecified atom stereocenters. The van der Waals surface area contributed by atoms with Crippen LogP contribution in [-0.4, -0.2) is 95.2 Å². The van der Waals surface area contributed by atoms with Gasteiger partial charge in [-0.25, -0.2) is 27.0 Å². The largest absolute Gasteiger partial charge is 0.335 e. The molecule has 3 saturated heterocycles. The fourth-order valence-electron chi connectivity index (χ4n) is 6.88. The number of thiazole rings is 1. The second-order valence-electron chi connectivity index (χ2n) is 12.6. The number of likely N-dealkylation sites (tertiary alicyclic amines) is 3. The van der Waals surface area contributed by atoms with Gasteiger partial charge in [-0.1, -0.05) is 32.9 Å². The molecule has 0 spiro atoms. The zero-order valence-electron chi connectivity index (χ0n) is 26.1. The molecule has 0 radical (unpaired) electrons. The molecular formula is C32H35F2N5O6S2. The van der Waals surface area contributed by atoms with Crippen molar-refractivity contribution in [2.45, 2.75) is 75.4 Å². The van der Waals surface area contributed by atoms with E-state index in [1.54, 1.807) is 11.8 Å². The quantitative estimate of drug-likeness (QED) is 0.354. The number of carbonyl (C=O) groups is 4. The normalized spacial score (nSPS) is 23.0. The highest BCUT2D eigenvalue weighted by atomic mass is 32.2. The van der Waals surface area contributed by atoms with Gasteiger partial charge in [0.05, 0.1) is 33.1 Å². The van der Waals surface area contributed by atoms with Gasteiger partial charge in [-0.05, 0) is 61.1 Å². The average molecular weight is 688 g/mol. The number of benzene rings is 2. The van der Waals surface area contributed by atoms with Crippen molar-refractivity contribution < 1.29 is 36.4 Å². The van der Waals surface area contributed by atoms with Crippen LogP contribution in [0.5, 0.6) is 0 Å². The van der Waals surface area contributed by atoms with E-state index in [2.05, 4.69) is 24.1 Å². The van der Waals surface area contributed by atoms with E-state index in [4.69, 9.17) is 0 Å². The monoisotopic (exact) mass is 687 g/mol. The molecular weight excluding hydrogens is 653 g/mol. The molecule has 250 valence electrons. The second kappa shape index (κ2) is 12.6. The van der Waals surface area contributed by atoms with Gasteiger partial charge in [-0.3, -0.25) is 19.3 Å². The molecule has 0 bridgehead atoms. The fourth-order valence-corrected chi connectivity index (χ4v) is 8.86. The molecule has 0 saturated carbocycles. The van der Waals surface area contributed by atoms with Crippen LogP contribution in [0, 0.1) is 5.92 Å². The number of urea groups is 1. The molecule has 6 rings (SSSR count). The first-order valence-corrected chi connectivity index (χ1v) is 18.0. The third-order valence-corrected chi connectivity index (χ3v) is 12.0. The number of sulfone groups is 1. The number of alkyl halides is 2. The van der Waals surface area contributed by atoms with Crippen molar-refractivity contribution in [1.82, 2.24) is 19.7 Å². The van der Waals surface area contributed by atoms with E-state index < -0.39 is 57.9 Å². The third-order valence-electron chi connectivity index (χ3n) is 9.27. The van der Waals surface area contributed by atoms with E-state index in [1.807, 2.05) is 24.3 Å². The van der Waals surface area contributed by atoms with Gasteiger partial charge in [0.25, 0.3) is 12.3 Å². The maximum atomic E-state index is 14.0. The number of imide groups is 1. The highest BCUT2D eigenvalue weighted by Gasteiger charge is 2.56. The minimum atomic E-state index is -4.26. The maximum Gasteiger partial charge on any atom is 0.322 e. The van der Waals surface area contributed by atoms with E-state index in [0.29, 0.717) is 48.7 Å². The van der Waals surface area contributed by atoms with Crippen molar-refractivity contribution in [1.29, 1.82) is 0 Å². The van der Waals surface area contributed by atoms with Crippen LogP contribution < -0.4 is 5.32 Å². The minimum Gasteiger partial charge on any atom is -0.335 e. The molecule has 4 atom stereocenters. The van der Waals surface area contributed by atoms with Crippen LogP contribution in [0.2, 0.25) is 0 Å². The molecule has 15 heteroatoms. The Morgan fingerprint density at radius 1 is 1.04 bits per heavy atom. The van der Waals surface area contributed by atoms with Gasteiger partial charge in [0.2, 0.25) is 11.8 Å². The van der Waals surface area contributed by atoms with Gasteiger partial charge in [0, 0.05) is 18.8 Å². The summed E-state index contributed by atoms with van der Waals surface area (Å²) in [6.07, 6.45) is -1.54. The van der Waals surface area contributed by atoms with Crippen LogP contribution in [0.4, 0.5) is 19.3 Å². The summed E-state index contributed by atoms with van der Waals surface area (Å²) in [5.41, 5.74) is 1.91. The summed E-state index contributed by atoms with van der Waals surface area (Å²) >= 11 is 0.967. The highest BCUT2D eigenvalue weighted by molar-refractivity contribution is 7.91. The molecule has 3 aliphatic heterocycles. The molecule has 2 aromatic carbocycles. The van der Waals surface area contributed by atoms with Crippen LogP contribution in [0.3, 0.4) is 0 Å². The topological polar surface area (TPSA) is 137 Å². The Morgan fingerprint density at radius 3 is 2.45 bits per heavy atom. The molecule has 1 aromatic heterocycles. The lowest BCUT2D eigenvalue weighted by Crippen LogP contribution is -2.52. The predicted molar refractivity (Wildman–Crippen MR) is 171 cm³/mol. The fraction of sp³-hybridized carbons (Fsp3) is 0.469. The number of fused-ring (bicyclic) bond motifs is 2. The summed E-state index contributed by atoms with van der Waals surface area (Å²) in [5, 5.41) is 2.85. The lowest BCUT2D eigenvalue weighted by molar-refractivity contribution is -0.137. The first-order chi connectivity index (χ1) is 22.3. The Labute approximate surface area is 274 Å². The number of hydrogen-bond acceptors (Lipinski definition) is 8. The van der Waals surface area contributed by atoms with Crippen molar-refractivity contribution in [3.05, 3.63) is 53.0 Å². The van der Waals surface area contributed by atoms with Crippen molar-refractivity contribution in [2.24, 2.45) is 5.92 Å². The molecule has 11 nitrogen and oxygen atoms in total. The molecule has 3 aliphatic rings. The zero-order chi connectivity index (χ0) is 33.8. The molecule has 1 N–H and O–H groups in total. The Bertz CT molecular complexity index is 1850. The molecule has 0 aliphatic carbocycles. The first kappa shape index (κ1) is 32.9. The van der Waals surface area contributed by atoms with Crippen LogP contribution in [0.25, 0.3) is 10.2 Å². The van der Waals surface area contributed by atoms with Gasteiger partial charge in [0.1, 0.15) is 11.8 Å². The van der Waals surface area contributed by atoms with E-state index >= 15 is 0 Å². The smallest absolute Gasteiger partial charge is 0.322 e. The number of amides is 5. The molecule has 3 aromatic rings. The summed E-state index contributed by atoms with van der Waals surface area (Å²) in [4.78, 5) is 62.7. The van der Waals surface area contributed by atoms with Crippen molar-refractivity contribution in [3.63, 3.8) is 0 Å². The Morgan fingerprint density at radius 2 is 1.77 bits per heavy atom. The van der Waals surface area contributed by atoms with Crippen molar-refractivity contribution >= 4 is 60.8 Å². The van der Waals surface area contributed by atoms with Crippen LogP contribution in [0.1, 0.15) is 61.3 Å².